The number of ether oxygens (including phenoxy) is 1. The van der Waals surface area contributed by atoms with E-state index in [1.54, 1.807) is 0 Å². The average Bonchev–Trinajstić information content (AvgIpc) is 2.62. The van der Waals surface area contributed by atoms with Crippen LogP contribution in [0.2, 0.25) is 0 Å². The Hall–Kier alpha value is -0.650. The van der Waals surface area contributed by atoms with Gasteiger partial charge in [0.25, 0.3) is 5.91 Å². The molecule has 0 bridgehead atoms. The fraction of sp³-hybridized carbons (Fsp3) is 0.944. The summed E-state index contributed by atoms with van der Waals surface area (Å²) in [4.78, 5) is 12.8. The molecular weight excluding hydrogens is 292 g/mol. The Morgan fingerprint density at radius 2 is 1.65 bits per heavy atom. The van der Waals surface area contributed by atoms with E-state index in [4.69, 9.17) is 4.74 Å². The van der Waals surface area contributed by atoms with E-state index in [0.717, 1.165) is 12.8 Å². The molecule has 1 unspecified atom stereocenters. The second-order valence-corrected chi connectivity index (χ2v) is 8.88. The molecule has 0 aromatic heterocycles. The second-order valence-electron chi connectivity index (χ2n) is 8.88. The van der Waals surface area contributed by atoms with Crippen LogP contribution in [0.4, 0.5) is 0 Å². The van der Waals surface area contributed by atoms with Crippen molar-refractivity contribution in [2.24, 2.45) is 0 Å². The summed E-state index contributed by atoms with van der Waals surface area (Å²) in [7, 11) is 0. The van der Waals surface area contributed by atoms with Crippen LogP contribution in [0.15, 0.2) is 0 Å². The molecule has 0 aromatic carbocycles. The molecule has 1 spiro atoms. The summed E-state index contributed by atoms with van der Waals surface area (Å²) >= 11 is 0. The molecule has 5 nitrogen and oxygen atoms in total. The number of amides is 1. The van der Waals surface area contributed by atoms with Crippen molar-refractivity contribution in [3.05, 3.63) is 0 Å². The van der Waals surface area contributed by atoms with Crippen LogP contribution in [0.5, 0.6) is 0 Å². The van der Waals surface area contributed by atoms with E-state index >= 15 is 0 Å². The van der Waals surface area contributed by atoms with Gasteiger partial charge in [-0.05, 0) is 47.5 Å². The average molecular weight is 326 g/mol. The van der Waals surface area contributed by atoms with Gasteiger partial charge in [-0.3, -0.25) is 4.79 Å². The summed E-state index contributed by atoms with van der Waals surface area (Å²) in [6.45, 7) is 12.0. The van der Waals surface area contributed by atoms with Crippen LogP contribution in [0.25, 0.3) is 0 Å². The minimum atomic E-state index is -0.842. The smallest absolute Gasteiger partial charge is 0.254 e. The van der Waals surface area contributed by atoms with Crippen molar-refractivity contribution in [3.8, 4) is 0 Å². The lowest BCUT2D eigenvalue weighted by molar-refractivity contribution is -0.280. The quantitative estimate of drug-likeness (QED) is 0.758. The Bertz CT molecular complexity index is 443. The second kappa shape index (κ2) is 6.01. The topological polar surface area (TPSA) is 61.8 Å². The molecule has 0 aromatic rings. The number of rotatable bonds is 5. The number of hydrogen-bond donors (Lipinski definition) is 2. The Labute approximate surface area is 140 Å². The van der Waals surface area contributed by atoms with Crippen LogP contribution in [0.1, 0.15) is 86.5 Å². The molecule has 2 heterocycles. The molecule has 0 radical (unpaired) electrons. The van der Waals surface area contributed by atoms with Crippen molar-refractivity contribution < 1.29 is 14.7 Å². The summed E-state index contributed by atoms with van der Waals surface area (Å²) in [6.07, 6.45) is 6.47. The van der Waals surface area contributed by atoms with Crippen molar-refractivity contribution in [2.45, 2.75) is 109 Å². The molecule has 23 heavy (non-hydrogen) atoms. The van der Waals surface area contributed by atoms with Crippen LogP contribution < -0.4 is 5.32 Å². The number of carbonyl (C=O) groups excluding carboxylic acids is 1. The third-order valence-electron chi connectivity index (χ3n) is 5.30. The van der Waals surface area contributed by atoms with Gasteiger partial charge in [-0.15, -0.1) is 0 Å². The summed E-state index contributed by atoms with van der Waals surface area (Å²) in [5.41, 5.74) is -2.44. The highest BCUT2D eigenvalue weighted by molar-refractivity contribution is 5.88. The molecule has 1 atom stereocenters. The number of piperidine rings is 1. The van der Waals surface area contributed by atoms with Crippen LogP contribution in [0.3, 0.4) is 0 Å². The SMILES string of the molecule is CCCCCCC1(C)NC(=O)C2(CC(C)(C)N(O)C(C)(C)C2)O1. The maximum absolute atomic E-state index is 12.8. The highest BCUT2D eigenvalue weighted by Crippen LogP contribution is 2.48. The largest absolute Gasteiger partial charge is 0.340 e. The van der Waals surface area contributed by atoms with Gasteiger partial charge >= 0.3 is 0 Å². The minimum Gasteiger partial charge on any atom is -0.340 e. The Morgan fingerprint density at radius 3 is 2.17 bits per heavy atom. The molecule has 5 heteroatoms. The first-order valence-electron chi connectivity index (χ1n) is 8.98. The standard InChI is InChI=1S/C18H34N2O3/c1-7-8-9-10-11-17(6)19-14(21)18(23-17)12-15(2,3)20(22)16(4,5)13-18/h22H,7-13H2,1-6H3,(H,19,21). The first-order chi connectivity index (χ1) is 10.5. The van der Waals surface area contributed by atoms with E-state index in [2.05, 4.69) is 12.2 Å². The third kappa shape index (κ3) is 3.57. The normalized spacial score (nSPS) is 32.2. The van der Waals surface area contributed by atoms with Gasteiger partial charge in [-0.25, -0.2) is 0 Å². The summed E-state index contributed by atoms with van der Waals surface area (Å²) in [5, 5.41) is 15.0. The summed E-state index contributed by atoms with van der Waals surface area (Å²) in [5.74, 6) is -0.0234. The zero-order valence-electron chi connectivity index (χ0n) is 15.7. The molecule has 1 amide bonds. The fourth-order valence-electron chi connectivity index (χ4n) is 4.52. The van der Waals surface area contributed by atoms with E-state index in [9.17, 15) is 10.0 Å². The van der Waals surface area contributed by atoms with E-state index < -0.39 is 22.4 Å². The van der Waals surface area contributed by atoms with Gasteiger partial charge in [0.1, 0.15) is 5.72 Å². The van der Waals surface area contributed by atoms with Crippen molar-refractivity contribution in [1.29, 1.82) is 0 Å². The predicted octanol–water partition coefficient (Wildman–Crippen LogP) is 3.60. The van der Waals surface area contributed by atoms with Gasteiger partial charge < -0.3 is 15.3 Å². The first kappa shape index (κ1) is 18.7. The Kier molecular flexibility index (Phi) is 4.88. The molecule has 0 saturated carbocycles. The van der Waals surface area contributed by atoms with E-state index in [1.165, 1.54) is 24.3 Å². The maximum Gasteiger partial charge on any atom is 0.254 e. The third-order valence-corrected chi connectivity index (χ3v) is 5.30. The molecule has 2 aliphatic heterocycles. The van der Waals surface area contributed by atoms with E-state index in [1.807, 2.05) is 34.6 Å². The van der Waals surface area contributed by atoms with E-state index in [0.29, 0.717) is 12.8 Å². The number of unbranched alkanes of at least 4 members (excludes halogenated alkanes) is 3. The van der Waals surface area contributed by atoms with E-state index in [-0.39, 0.29) is 5.91 Å². The van der Waals surface area contributed by atoms with Crippen molar-refractivity contribution >= 4 is 5.91 Å². The molecular formula is C18H34N2O3. The Balaban J connectivity index is 2.15. The number of nitrogens with one attached hydrogen (secondary N) is 1. The van der Waals surface area contributed by atoms with Crippen LogP contribution >= 0.6 is 0 Å². The summed E-state index contributed by atoms with van der Waals surface area (Å²) in [6, 6.07) is 0. The maximum atomic E-state index is 12.8. The number of hydroxylamine groups is 2. The van der Waals surface area contributed by atoms with Gasteiger partial charge in [0.2, 0.25) is 0 Å². The monoisotopic (exact) mass is 326 g/mol. The molecule has 2 aliphatic rings. The first-order valence-corrected chi connectivity index (χ1v) is 8.98. The van der Waals surface area contributed by atoms with Gasteiger partial charge in [0.05, 0.1) is 0 Å². The zero-order valence-corrected chi connectivity index (χ0v) is 15.7. The van der Waals surface area contributed by atoms with Gasteiger partial charge in [0, 0.05) is 23.9 Å². The number of nitrogens with zero attached hydrogens (tertiary/aromatic N) is 1. The molecule has 0 aliphatic carbocycles. The molecule has 2 N–H and O–H groups in total. The lowest BCUT2D eigenvalue weighted by Crippen LogP contribution is -2.66. The molecule has 2 rings (SSSR count). The van der Waals surface area contributed by atoms with Crippen molar-refractivity contribution in [3.63, 3.8) is 0 Å². The van der Waals surface area contributed by atoms with Crippen LogP contribution in [-0.2, 0) is 9.53 Å². The fourth-order valence-corrected chi connectivity index (χ4v) is 4.52. The number of hydrogen-bond acceptors (Lipinski definition) is 4. The molecule has 2 saturated heterocycles. The van der Waals surface area contributed by atoms with Crippen molar-refractivity contribution in [1.82, 2.24) is 10.4 Å². The van der Waals surface area contributed by atoms with Gasteiger partial charge in [-0.1, -0.05) is 26.2 Å². The molecule has 2 fully saturated rings. The van der Waals surface area contributed by atoms with Crippen LogP contribution in [-0.4, -0.2) is 38.6 Å². The highest BCUT2D eigenvalue weighted by Gasteiger charge is 2.62. The van der Waals surface area contributed by atoms with Crippen LogP contribution in [0, 0.1) is 0 Å². The van der Waals surface area contributed by atoms with Gasteiger partial charge in [-0.2, -0.15) is 5.06 Å². The lowest BCUT2D eigenvalue weighted by Gasteiger charge is -2.54. The molecule has 134 valence electrons. The highest BCUT2D eigenvalue weighted by atomic mass is 16.6. The summed E-state index contributed by atoms with van der Waals surface area (Å²) < 4.78 is 6.39. The zero-order chi connectivity index (χ0) is 17.5. The minimum absolute atomic E-state index is 0.0234. The lowest BCUT2D eigenvalue weighted by atomic mass is 9.72. The predicted molar refractivity (Wildman–Crippen MR) is 90.1 cm³/mol. The Morgan fingerprint density at radius 1 is 1.09 bits per heavy atom. The number of carbonyl (C=O) groups is 1. The van der Waals surface area contributed by atoms with Gasteiger partial charge in [0.15, 0.2) is 5.60 Å². The van der Waals surface area contributed by atoms with Crippen molar-refractivity contribution in [2.75, 3.05) is 0 Å².